The Labute approximate surface area is 241 Å². The maximum atomic E-state index is 6.52. The Balaban J connectivity index is 1.41. The molecule has 6 heteroatoms. The molecule has 6 aromatic rings. The lowest BCUT2D eigenvalue weighted by Gasteiger charge is -2.19. The number of aryl methyl sites for hydroxylation is 3. The Morgan fingerprint density at radius 3 is 2.29 bits per heavy atom. The third kappa shape index (κ3) is 4.91. The number of hydrogen-bond acceptors (Lipinski definition) is 4. The second kappa shape index (κ2) is 10.0. The van der Waals surface area contributed by atoms with Crippen LogP contribution in [0.15, 0.2) is 85.2 Å². The molecule has 0 aliphatic heterocycles. The first-order valence-corrected chi connectivity index (χ1v) is 14.0. The molecular weight excluding hydrogens is 506 g/mol. The minimum Gasteiger partial charge on any atom is -0.456 e. The third-order valence-corrected chi connectivity index (χ3v) is 7.72. The molecule has 206 valence electrons. The fraction of sp³-hybridized carbons (Fsp3) is 0.229. The summed E-state index contributed by atoms with van der Waals surface area (Å²) in [6.45, 7) is 14.9. The Bertz CT molecular complexity index is 1890. The molecule has 41 heavy (non-hydrogen) atoms. The van der Waals surface area contributed by atoms with Crippen molar-refractivity contribution in [3.63, 3.8) is 0 Å². The zero-order valence-corrected chi connectivity index (χ0v) is 24.7. The number of rotatable bonds is 5. The SMILES string of the molecule is Cc1nn(-c2cccc(Oc3cc(-c4cc(C(C)(C)C)ccn4)c4nc(C)c(C)n4c3)c2)c(C)c1-c1ccccc1. The molecule has 0 saturated carbocycles. The molecule has 0 amide bonds. The van der Waals surface area contributed by atoms with Crippen LogP contribution in [0, 0.1) is 27.7 Å². The molecule has 0 atom stereocenters. The fourth-order valence-electron chi connectivity index (χ4n) is 5.37. The molecule has 0 aliphatic rings. The number of aromatic nitrogens is 5. The molecule has 0 fully saturated rings. The van der Waals surface area contributed by atoms with Crippen LogP contribution < -0.4 is 4.74 Å². The molecule has 4 aromatic heterocycles. The normalized spacial score (nSPS) is 11.8. The molecule has 4 heterocycles. The predicted octanol–water partition coefficient (Wildman–Crippen LogP) is 8.57. The summed E-state index contributed by atoms with van der Waals surface area (Å²) in [5.74, 6) is 1.44. The lowest BCUT2D eigenvalue weighted by molar-refractivity contribution is 0.479. The highest BCUT2D eigenvalue weighted by Gasteiger charge is 2.19. The van der Waals surface area contributed by atoms with Crippen molar-refractivity contribution in [2.45, 2.75) is 53.9 Å². The third-order valence-electron chi connectivity index (χ3n) is 7.72. The minimum atomic E-state index is 0.00709. The number of pyridine rings is 2. The summed E-state index contributed by atoms with van der Waals surface area (Å²) in [5.41, 5.74) is 11.3. The number of fused-ring (bicyclic) bond motifs is 1. The lowest BCUT2D eigenvalue weighted by Crippen LogP contribution is -2.11. The van der Waals surface area contributed by atoms with Crippen molar-refractivity contribution >= 4 is 5.65 Å². The summed E-state index contributed by atoms with van der Waals surface area (Å²) >= 11 is 0. The fourth-order valence-corrected chi connectivity index (χ4v) is 5.37. The van der Waals surface area contributed by atoms with Crippen molar-refractivity contribution in [3.05, 3.63) is 114 Å². The van der Waals surface area contributed by atoms with Gasteiger partial charge >= 0.3 is 0 Å². The first-order valence-electron chi connectivity index (χ1n) is 14.0. The smallest absolute Gasteiger partial charge is 0.146 e. The molecule has 0 bridgehead atoms. The zero-order chi connectivity index (χ0) is 28.9. The van der Waals surface area contributed by atoms with Gasteiger partial charge in [0.05, 0.1) is 29.0 Å². The van der Waals surface area contributed by atoms with Gasteiger partial charge in [0.15, 0.2) is 0 Å². The number of imidazole rings is 1. The standard InChI is InChI=1S/C35H35N5O/c1-22-24(3)39-21-30(20-31(34(39)37-22)32-18-27(16-17-36-32)35(5,6)7)41-29-15-11-14-28(19-29)40-25(4)33(23(2)38-40)26-12-9-8-10-13-26/h8-21H,1-7H3. The summed E-state index contributed by atoms with van der Waals surface area (Å²) in [6.07, 6.45) is 3.88. The number of hydrogen-bond donors (Lipinski definition) is 0. The van der Waals surface area contributed by atoms with Crippen molar-refractivity contribution < 1.29 is 4.74 Å². The van der Waals surface area contributed by atoms with Crippen LogP contribution in [0.3, 0.4) is 0 Å². The highest BCUT2D eigenvalue weighted by atomic mass is 16.5. The first kappa shape index (κ1) is 26.5. The van der Waals surface area contributed by atoms with Gasteiger partial charge in [0, 0.05) is 34.8 Å². The van der Waals surface area contributed by atoms with E-state index in [0.29, 0.717) is 5.75 Å². The van der Waals surface area contributed by atoms with Crippen molar-refractivity contribution in [2.24, 2.45) is 0 Å². The molecule has 6 rings (SSSR count). The van der Waals surface area contributed by atoms with Gasteiger partial charge < -0.3 is 4.74 Å². The van der Waals surface area contributed by atoms with Crippen molar-refractivity contribution in [1.82, 2.24) is 24.1 Å². The van der Waals surface area contributed by atoms with Crippen LogP contribution in [0.25, 0.3) is 33.7 Å². The van der Waals surface area contributed by atoms with Crippen LogP contribution in [-0.4, -0.2) is 24.1 Å². The van der Waals surface area contributed by atoms with Gasteiger partial charge in [-0.1, -0.05) is 57.2 Å². The van der Waals surface area contributed by atoms with E-state index in [0.717, 1.165) is 62.2 Å². The summed E-state index contributed by atoms with van der Waals surface area (Å²) in [6, 6.07) is 24.7. The van der Waals surface area contributed by atoms with E-state index in [1.807, 2.05) is 54.3 Å². The largest absolute Gasteiger partial charge is 0.456 e. The Kier molecular flexibility index (Phi) is 6.49. The number of ether oxygens (including phenoxy) is 1. The lowest BCUT2D eigenvalue weighted by atomic mass is 9.87. The molecule has 0 radical (unpaired) electrons. The Morgan fingerprint density at radius 1 is 0.756 bits per heavy atom. The van der Waals surface area contributed by atoms with Gasteiger partial charge in [-0.05, 0) is 74.6 Å². The van der Waals surface area contributed by atoms with Crippen LogP contribution in [-0.2, 0) is 5.41 Å². The van der Waals surface area contributed by atoms with E-state index in [2.05, 4.69) is 88.4 Å². The minimum absolute atomic E-state index is 0.00709. The van der Waals surface area contributed by atoms with Crippen LogP contribution in [0.1, 0.15) is 49.1 Å². The average molecular weight is 542 g/mol. The molecular formula is C35H35N5O. The summed E-state index contributed by atoms with van der Waals surface area (Å²) in [5, 5.41) is 4.88. The molecule has 2 aromatic carbocycles. The van der Waals surface area contributed by atoms with E-state index in [4.69, 9.17) is 19.8 Å². The van der Waals surface area contributed by atoms with E-state index in [9.17, 15) is 0 Å². The van der Waals surface area contributed by atoms with E-state index < -0.39 is 0 Å². The summed E-state index contributed by atoms with van der Waals surface area (Å²) < 4.78 is 10.6. The molecule has 0 aliphatic carbocycles. The van der Waals surface area contributed by atoms with E-state index in [-0.39, 0.29) is 5.41 Å². The highest BCUT2D eigenvalue weighted by molar-refractivity contribution is 5.77. The molecule has 6 nitrogen and oxygen atoms in total. The van der Waals surface area contributed by atoms with Crippen LogP contribution >= 0.6 is 0 Å². The van der Waals surface area contributed by atoms with Crippen LogP contribution in [0.2, 0.25) is 0 Å². The van der Waals surface area contributed by atoms with Gasteiger partial charge in [-0.3, -0.25) is 9.38 Å². The van der Waals surface area contributed by atoms with E-state index in [1.165, 1.54) is 5.56 Å². The highest BCUT2D eigenvalue weighted by Crippen LogP contribution is 2.34. The summed E-state index contributed by atoms with van der Waals surface area (Å²) in [7, 11) is 0. The van der Waals surface area contributed by atoms with Crippen molar-refractivity contribution in [1.29, 1.82) is 0 Å². The second-order valence-electron chi connectivity index (χ2n) is 11.7. The maximum absolute atomic E-state index is 6.52. The Hall–Kier alpha value is -4.71. The molecule has 0 N–H and O–H groups in total. The monoisotopic (exact) mass is 541 g/mol. The second-order valence-corrected chi connectivity index (χ2v) is 11.7. The van der Waals surface area contributed by atoms with Crippen LogP contribution in [0.4, 0.5) is 0 Å². The first-order chi connectivity index (χ1) is 19.6. The quantitative estimate of drug-likeness (QED) is 0.219. The maximum Gasteiger partial charge on any atom is 0.146 e. The number of benzene rings is 2. The van der Waals surface area contributed by atoms with Gasteiger partial charge in [0.1, 0.15) is 17.1 Å². The van der Waals surface area contributed by atoms with Crippen LogP contribution in [0.5, 0.6) is 11.5 Å². The van der Waals surface area contributed by atoms with Gasteiger partial charge in [-0.15, -0.1) is 0 Å². The van der Waals surface area contributed by atoms with Gasteiger partial charge in [-0.25, -0.2) is 9.67 Å². The molecule has 0 spiro atoms. The zero-order valence-electron chi connectivity index (χ0n) is 24.7. The Morgan fingerprint density at radius 2 is 1.54 bits per heavy atom. The molecule has 0 unspecified atom stereocenters. The van der Waals surface area contributed by atoms with Crippen molar-refractivity contribution in [2.75, 3.05) is 0 Å². The van der Waals surface area contributed by atoms with Gasteiger partial charge in [-0.2, -0.15) is 5.10 Å². The predicted molar refractivity (Wildman–Crippen MR) is 165 cm³/mol. The van der Waals surface area contributed by atoms with Crippen molar-refractivity contribution in [3.8, 4) is 39.6 Å². The average Bonchev–Trinajstić information content (AvgIpc) is 3.42. The summed E-state index contributed by atoms with van der Waals surface area (Å²) in [4.78, 5) is 9.62. The van der Waals surface area contributed by atoms with Gasteiger partial charge in [0.25, 0.3) is 0 Å². The van der Waals surface area contributed by atoms with Gasteiger partial charge in [0.2, 0.25) is 0 Å². The molecule has 0 saturated heterocycles. The number of nitrogens with zero attached hydrogens (tertiary/aromatic N) is 5. The topological polar surface area (TPSA) is 57.2 Å². The van der Waals surface area contributed by atoms with E-state index >= 15 is 0 Å². The van der Waals surface area contributed by atoms with E-state index in [1.54, 1.807) is 0 Å².